The van der Waals surface area contributed by atoms with Crippen molar-refractivity contribution in [3.8, 4) is 0 Å². The molecule has 2 aliphatic rings. The average molecular weight is 430 g/mol. The highest BCUT2D eigenvalue weighted by Crippen LogP contribution is 2.36. The summed E-state index contributed by atoms with van der Waals surface area (Å²) in [4.78, 5) is 31.2. The van der Waals surface area contributed by atoms with Crippen molar-refractivity contribution in [2.45, 2.75) is 19.8 Å². The van der Waals surface area contributed by atoms with Crippen molar-refractivity contribution in [1.29, 1.82) is 0 Å². The minimum Gasteiger partial charge on any atom is -0.372 e. The van der Waals surface area contributed by atoms with Gasteiger partial charge in [-0.1, -0.05) is 18.2 Å². The number of rotatable bonds is 5. The van der Waals surface area contributed by atoms with Crippen LogP contribution in [0.5, 0.6) is 0 Å². The number of benzene rings is 2. The molecule has 0 spiro atoms. The van der Waals surface area contributed by atoms with Crippen LogP contribution in [-0.4, -0.2) is 24.9 Å². The quantitative estimate of drug-likeness (QED) is 0.577. The Morgan fingerprint density at radius 1 is 0.871 bits per heavy atom. The lowest BCUT2D eigenvalue weighted by atomic mass is 10.1. The van der Waals surface area contributed by atoms with E-state index in [4.69, 9.17) is 0 Å². The highest BCUT2D eigenvalue weighted by atomic mass is 32.1. The van der Waals surface area contributed by atoms with Crippen LogP contribution < -0.4 is 15.1 Å². The maximum atomic E-state index is 13.4. The van der Waals surface area contributed by atoms with Crippen molar-refractivity contribution in [1.82, 2.24) is 0 Å². The van der Waals surface area contributed by atoms with Gasteiger partial charge in [-0.05, 0) is 73.2 Å². The van der Waals surface area contributed by atoms with Crippen molar-refractivity contribution in [3.05, 3.63) is 82.2 Å². The lowest BCUT2D eigenvalue weighted by molar-refractivity contribution is -0.120. The van der Waals surface area contributed by atoms with Crippen LogP contribution in [0.25, 0.3) is 5.57 Å². The Bertz CT molecular complexity index is 1160. The summed E-state index contributed by atoms with van der Waals surface area (Å²) in [6.07, 6.45) is 2.45. The van der Waals surface area contributed by atoms with Gasteiger partial charge in [0, 0.05) is 29.3 Å². The standard InChI is InChI=1S/C25H23N3O2S/c1-17-6-4-7-20(16-17)28-24(29)22(21-8-5-15-31-21)23(25(28)30)26-18-9-11-19(12-10-18)27-13-2-3-14-27/h4-12,15-16,26H,2-3,13-14H2,1H3. The van der Waals surface area contributed by atoms with Crippen molar-refractivity contribution in [2.75, 3.05) is 28.2 Å². The molecule has 6 heteroatoms. The van der Waals surface area contributed by atoms with E-state index in [2.05, 4.69) is 22.3 Å². The van der Waals surface area contributed by atoms with Crippen molar-refractivity contribution in [2.24, 2.45) is 0 Å². The van der Waals surface area contributed by atoms with Gasteiger partial charge in [0.2, 0.25) is 0 Å². The third-order valence-electron chi connectivity index (χ3n) is 5.72. The first-order chi connectivity index (χ1) is 15.1. The van der Waals surface area contributed by atoms with Crippen LogP contribution in [0.3, 0.4) is 0 Å². The number of amides is 2. The van der Waals surface area contributed by atoms with E-state index >= 15 is 0 Å². The van der Waals surface area contributed by atoms with Gasteiger partial charge in [-0.3, -0.25) is 9.59 Å². The predicted octanol–water partition coefficient (Wildman–Crippen LogP) is 5.05. The molecular weight excluding hydrogens is 406 g/mol. The maximum absolute atomic E-state index is 13.4. The van der Waals surface area contributed by atoms with Crippen molar-refractivity contribution in [3.63, 3.8) is 0 Å². The Hall–Kier alpha value is -3.38. The topological polar surface area (TPSA) is 52.7 Å². The second kappa shape index (κ2) is 8.04. The summed E-state index contributed by atoms with van der Waals surface area (Å²) >= 11 is 1.46. The molecule has 0 unspecified atom stereocenters. The van der Waals surface area contributed by atoms with E-state index in [9.17, 15) is 9.59 Å². The molecule has 5 nitrogen and oxygen atoms in total. The van der Waals surface area contributed by atoms with Gasteiger partial charge in [0.05, 0.1) is 11.3 Å². The average Bonchev–Trinajstić information content (AvgIpc) is 3.52. The first kappa shape index (κ1) is 19.6. The number of hydrogen-bond donors (Lipinski definition) is 1. The van der Waals surface area contributed by atoms with E-state index in [0.717, 1.165) is 29.2 Å². The predicted molar refractivity (Wildman–Crippen MR) is 126 cm³/mol. The largest absolute Gasteiger partial charge is 0.372 e. The number of aryl methyl sites for hydroxylation is 1. The zero-order chi connectivity index (χ0) is 21.4. The highest BCUT2D eigenvalue weighted by Gasteiger charge is 2.40. The van der Waals surface area contributed by atoms with E-state index in [-0.39, 0.29) is 11.8 Å². The maximum Gasteiger partial charge on any atom is 0.282 e. The number of imide groups is 1. The molecule has 0 aliphatic carbocycles. The van der Waals surface area contributed by atoms with Crippen molar-refractivity contribution < 1.29 is 9.59 Å². The van der Waals surface area contributed by atoms with E-state index in [1.54, 1.807) is 6.07 Å². The molecule has 3 aromatic rings. The fourth-order valence-corrected chi connectivity index (χ4v) is 4.94. The Kier molecular flexibility index (Phi) is 5.08. The summed E-state index contributed by atoms with van der Waals surface area (Å²) in [7, 11) is 0. The summed E-state index contributed by atoms with van der Waals surface area (Å²) in [6.45, 7) is 4.11. The van der Waals surface area contributed by atoms with Gasteiger partial charge < -0.3 is 10.2 Å². The third kappa shape index (κ3) is 3.64. The first-order valence-corrected chi connectivity index (χ1v) is 11.4. The molecule has 1 fully saturated rings. The number of hydrogen-bond acceptors (Lipinski definition) is 5. The zero-order valence-corrected chi connectivity index (χ0v) is 18.1. The fourth-order valence-electron chi connectivity index (χ4n) is 4.17. The molecule has 2 aromatic carbocycles. The Morgan fingerprint density at radius 3 is 2.32 bits per heavy atom. The fraction of sp³-hybridized carbons (Fsp3) is 0.200. The Morgan fingerprint density at radius 2 is 1.65 bits per heavy atom. The number of nitrogens with zero attached hydrogens (tertiary/aromatic N) is 2. The number of anilines is 3. The van der Waals surface area contributed by atoms with Gasteiger partial charge in [0.25, 0.3) is 11.8 Å². The molecule has 5 rings (SSSR count). The Balaban J connectivity index is 1.49. The van der Waals surface area contributed by atoms with Crippen LogP contribution in [0.4, 0.5) is 17.1 Å². The molecule has 0 bridgehead atoms. The van der Waals surface area contributed by atoms with E-state index in [0.29, 0.717) is 17.0 Å². The minimum absolute atomic E-state index is 0.297. The van der Waals surface area contributed by atoms with Gasteiger partial charge in [0.1, 0.15) is 5.70 Å². The van der Waals surface area contributed by atoms with Crippen LogP contribution in [0.1, 0.15) is 23.3 Å². The molecule has 156 valence electrons. The second-order valence-corrected chi connectivity index (χ2v) is 8.83. The molecule has 0 saturated carbocycles. The molecule has 3 heterocycles. The molecule has 0 radical (unpaired) electrons. The van der Waals surface area contributed by atoms with E-state index in [1.165, 1.54) is 34.8 Å². The molecule has 31 heavy (non-hydrogen) atoms. The molecule has 1 aromatic heterocycles. The van der Waals surface area contributed by atoms with E-state index in [1.807, 2.05) is 54.8 Å². The summed E-state index contributed by atoms with van der Waals surface area (Å²) in [6, 6.07) is 19.3. The summed E-state index contributed by atoms with van der Waals surface area (Å²) < 4.78 is 0. The first-order valence-electron chi connectivity index (χ1n) is 10.5. The highest BCUT2D eigenvalue weighted by molar-refractivity contribution is 7.11. The van der Waals surface area contributed by atoms with E-state index < -0.39 is 0 Å². The lowest BCUT2D eigenvalue weighted by Crippen LogP contribution is -2.32. The van der Waals surface area contributed by atoms with Crippen molar-refractivity contribution >= 4 is 45.8 Å². The number of thiophene rings is 1. The SMILES string of the molecule is Cc1cccc(N2C(=O)C(Nc3ccc(N4CCCC4)cc3)=C(c3cccs3)C2=O)c1. The van der Waals surface area contributed by atoms with Crippen LogP contribution in [0.2, 0.25) is 0 Å². The smallest absolute Gasteiger partial charge is 0.282 e. The van der Waals surface area contributed by atoms with Crippen LogP contribution in [0, 0.1) is 6.92 Å². The summed E-state index contributed by atoms with van der Waals surface area (Å²) in [5.41, 5.74) is 4.30. The van der Waals surface area contributed by atoms with Crippen LogP contribution in [-0.2, 0) is 9.59 Å². The molecule has 1 saturated heterocycles. The molecule has 2 aliphatic heterocycles. The summed E-state index contributed by atoms with van der Waals surface area (Å²) in [5, 5.41) is 5.16. The normalized spacial score (nSPS) is 16.5. The molecule has 1 N–H and O–H groups in total. The molecular formula is C25H23N3O2S. The number of nitrogens with one attached hydrogen (secondary N) is 1. The molecule has 2 amide bonds. The second-order valence-electron chi connectivity index (χ2n) is 7.88. The van der Waals surface area contributed by atoms with Gasteiger partial charge in [0.15, 0.2) is 0 Å². The third-order valence-corrected chi connectivity index (χ3v) is 6.61. The Labute approximate surface area is 185 Å². The van der Waals surface area contributed by atoms with Gasteiger partial charge in [-0.15, -0.1) is 11.3 Å². The van der Waals surface area contributed by atoms with Gasteiger partial charge in [-0.2, -0.15) is 0 Å². The lowest BCUT2D eigenvalue weighted by Gasteiger charge is -2.18. The van der Waals surface area contributed by atoms with Gasteiger partial charge in [-0.25, -0.2) is 4.90 Å². The number of carbonyl (C=O) groups excluding carboxylic acids is 2. The monoisotopic (exact) mass is 429 g/mol. The van der Waals surface area contributed by atoms with Crippen LogP contribution in [0.15, 0.2) is 71.7 Å². The zero-order valence-electron chi connectivity index (χ0n) is 17.3. The minimum atomic E-state index is -0.331. The number of carbonyl (C=O) groups is 2. The van der Waals surface area contributed by atoms with Crippen LogP contribution >= 0.6 is 11.3 Å². The summed E-state index contributed by atoms with van der Waals surface area (Å²) in [5.74, 6) is -0.628. The molecule has 0 atom stereocenters. The van der Waals surface area contributed by atoms with Gasteiger partial charge >= 0.3 is 0 Å².